The Morgan fingerprint density at radius 1 is 1.23 bits per heavy atom. The number of nitrogens with zero attached hydrogens (tertiary/aromatic N) is 1. The van der Waals surface area contributed by atoms with E-state index in [1.54, 1.807) is 19.9 Å². The number of pyridine rings is 1. The van der Waals surface area contributed by atoms with Gasteiger partial charge in [-0.2, -0.15) is 13.2 Å². The molecule has 2 heterocycles. The van der Waals surface area contributed by atoms with Gasteiger partial charge in [0, 0.05) is 23.4 Å². The van der Waals surface area contributed by atoms with E-state index in [9.17, 15) is 27.9 Å². The number of Topliss-reactive ketones (excluding diaryl/α,β-unsaturated/α-hetero) is 1. The zero-order chi connectivity index (χ0) is 19.3. The summed E-state index contributed by atoms with van der Waals surface area (Å²) in [5, 5.41) is 10.7. The highest BCUT2D eigenvalue weighted by atomic mass is 19.4. The Hall–Kier alpha value is -2.61. The zero-order valence-corrected chi connectivity index (χ0v) is 13.9. The molecule has 0 spiro atoms. The number of alkyl halides is 3. The fourth-order valence-corrected chi connectivity index (χ4v) is 3.04. The van der Waals surface area contributed by atoms with Gasteiger partial charge in [0.2, 0.25) is 0 Å². The molecule has 0 bridgehead atoms. The number of hydrogen-bond donors (Lipinski definition) is 1. The highest BCUT2D eigenvalue weighted by Crippen LogP contribution is 2.42. The third-order valence-corrected chi connectivity index (χ3v) is 4.38. The smallest absolute Gasteiger partial charge is 0.454 e. The van der Waals surface area contributed by atoms with Crippen LogP contribution in [0.15, 0.2) is 47.4 Å². The van der Waals surface area contributed by atoms with Crippen molar-refractivity contribution in [2.24, 2.45) is 0 Å². The van der Waals surface area contributed by atoms with Crippen LogP contribution in [0.1, 0.15) is 35.8 Å². The Bertz CT molecular complexity index is 917. The van der Waals surface area contributed by atoms with E-state index in [4.69, 9.17) is 4.74 Å². The number of carbonyl (C=O) groups excluding carboxylic acids is 1. The van der Waals surface area contributed by atoms with Crippen molar-refractivity contribution in [2.75, 3.05) is 0 Å². The molecule has 1 aromatic carbocycles. The predicted molar refractivity (Wildman–Crippen MR) is 86.4 cm³/mol. The molecule has 0 saturated carbocycles. The lowest BCUT2D eigenvalue weighted by atomic mass is 9.85. The van der Waals surface area contributed by atoms with E-state index in [2.05, 4.69) is 0 Å². The van der Waals surface area contributed by atoms with Gasteiger partial charge in [-0.3, -0.25) is 9.59 Å². The molecule has 1 aromatic heterocycles. The molecule has 5 nitrogen and oxygen atoms in total. The molecule has 0 amide bonds. The maximum atomic E-state index is 12.8. The van der Waals surface area contributed by atoms with Gasteiger partial charge in [0.1, 0.15) is 17.5 Å². The first kappa shape index (κ1) is 18.2. The topological polar surface area (TPSA) is 68.5 Å². The van der Waals surface area contributed by atoms with Crippen molar-refractivity contribution in [1.82, 2.24) is 4.57 Å². The molecule has 2 unspecified atom stereocenters. The molecule has 0 aliphatic carbocycles. The molecule has 2 atom stereocenters. The lowest BCUT2D eigenvalue weighted by Crippen LogP contribution is -2.52. The van der Waals surface area contributed by atoms with Crippen LogP contribution in [0.3, 0.4) is 0 Å². The molecule has 0 fully saturated rings. The van der Waals surface area contributed by atoms with E-state index in [1.807, 2.05) is 0 Å². The van der Waals surface area contributed by atoms with E-state index in [-0.39, 0.29) is 11.3 Å². The summed E-state index contributed by atoms with van der Waals surface area (Å²) in [5.74, 6) is -1.79. The van der Waals surface area contributed by atoms with Gasteiger partial charge in [0.15, 0.2) is 0 Å². The number of hydrogen-bond acceptors (Lipinski definition) is 4. The number of ether oxygens (including phenoxy) is 1. The number of halogens is 3. The average molecular weight is 367 g/mol. The van der Waals surface area contributed by atoms with Crippen molar-refractivity contribution < 1.29 is 27.8 Å². The van der Waals surface area contributed by atoms with Crippen molar-refractivity contribution >= 4 is 5.78 Å². The number of benzene rings is 1. The van der Waals surface area contributed by atoms with Crippen molar-refractivity contribution in [3.8, 4) is 5.75 Å². The largest absolute Gasteiger partial charge is 0.485 e. The maximum absolute atomic E-state index is 12.8. The van der Waals surface area contributed by atoms with Gasteiger partial charge in [-0.1, -0.05) is 6.07 Å². The first-order valence-corrected chi connectivity index (χ1v) is 7.82. The van der Waals surface area contributed by atoms with Gasteiger partial charge < -0.3 is 14.4 Å². The van der Waals surface area contributed by atoms with Gasteiger partial charge in [-0.05, 0) is 38.1 Å². The molecule has 1 aliphatic heterocycles. The van der Waals surface area contributed by atoms with Gasteiger partial charge in [0.25, 0.3) is 11.3 Å². The van der Waals surface area contributed by atoms with Crippen LogP contribution < -0.4 is 10.3 Å². The number of rotatable bonds is 2. The molecular formula is C18H16F3NO4. The van der Waals surface area contributed by atoms with Crippen LogP contribution >= 0.6 is 0 Å². The standard InChI is InChI=1S/C18H16F3NO4/c1-17(2)16(25)14(22-8-4-3-5-13(22)23)11-9-10(6-7-12(11)26-17)15(24)18(19,20)21/h3-9,14,16,25H,1-2H3. The Balaban J connectivity index is 2.21. The number of fused-ring (bicyclic) bond motifs is 1. The fourth-order valence-electron chi connectivity index (χ4n) is 3.04. The van der Waals surface area contributed by atoms with E-state index in [0.717, 1.165) is 12.1 Å². The summed E-state index contributed by atoms with van der Waals surface area (Å²) >= 11 is 0. The minimum atomic E-state index is -5.03. The second-order valence-corrected chi connectivity index (χ2v) is 6.62. The quantitative estimate of drug-likeness (QED) is 0.829. The van der Waals surface area contributed by atoms with Gasteiger partial charge >= 0.3 is 6.18 Å². The van der Waals surface area contributed by atoms with Gasteiger partial charge in [-0.25, -0.2) is 0 Å². The number of aromatic nitrogens is 1. The van der Waals surface area contributed by atoms with Crippen LogP contribution in [0.25, 0.3) is 0 Å². The molecule has 0 radical (unpaired) electrons. The van der Waals surface area contributed by atoms with Crippen molar-refractivity contribution in [2.45, 2.75) is 37.8 Å². The van der Waals surface area contributed by atoms with Crippen LogP contribution in [-0.2, 0) is 0 Å². The lowest BCUT2D eigenvalue weighted by molar-refractivity contribution is -0.0886. The summed E-state index contributed by atoms with van der Waals surface area (Å²) in [6.45, 7) is 3.22. The van der Waals surface area contributed by atoms with Crippen molar-refractivity contribution in [3.63, 3.8) is 0 Å². The second kappa shape index (κ2) is 5.98. The fraction of sp³-hybridized carbons (Fsp3) is 0.333. The number of aliphatic hydroxyl groups excluding tert-OH is 1. The summed E-state index contributed by atoms with van der Waals surface area (Å²) in [6.07, 6.45) is -4.83. The molecule has 1 aliphatic rings. The van der Waals surface area contributed by atoms with Crippen molar-refractivity contribution in [1.29, 1.82) is 0 Å². The number of carbonyl (C=O) groups is 1. The van der Waals surface area contributed by atoms with Crippen molar-refractivity contribution in [3.05, 3.63) is 64.1 Å². The maximum Gasteiger partial charge on any atom is 0.454 e. The molecular weight excluding hydrogens is 351 g/mol. The molecule has 8 heteroatoms. The van der Waals surface area contributed by atoms with Crippen LogP contribution in [-0.4, -0.2) is 33.3 Å². The van der Waals surface area contributed by atoms with Crippen LogP contribution in [0.4, 0.5) is 13.2 Å². The molecule has 0 saturated heterocycles. The van der Waals surface area contributed by atoms with Crippen LogP contribution in [0.2, 0.25) is 0 Å². The minimum Gasteiger partial charge on any atom is -0.485 e. The zero-order valence-electron chi connectivity index (χ0n) is 13.9. The summed E-state index contributed by atoms with van der Waals surface area (Å²) in [6, 6.07) is 6.66. The number of aliphatic hydroxyl groups is 1. The predicted octanol–water partition coefficient (Wildman–Crippen LogP) is 2.71. The highest BCUT2D eigenvalue weighted by molar-refractivity contribution is 6.00. The summed E-state index contributed by atoms with van der Waals surface area (Å²) in [7, 11) is 0. The second-order valence-electron chi connectivity index (χ2n) is 6.62. The lowest BCUT2D eigenvalue weighted by Gasteiger charge is -2.42. The summed E-state index contributed by atoms with van der Waals surface area (Å²) < 4.78 is 45.2. The van der Waals surface area contributed by atoms with Crippen LogP contribution in [0, 0.1) is 0 Å². The third-order valence-electron chi connectivity index (χ3n) is 4.38. The number of ketones is 1. The molecule has 1 N–H and O–H groups in total. The van der Waals surface area contributed by atoms with Gasteiger partial charge in [-0.15, -0.1) is 0 Å². The molecule has 3 rings (SSSR count). The van der Waals surface area contributed by atoms with E-state index in [1.165, 1.54) is 29.0 Å². The molecule has 2 aromatic rings. The van der Waals surface area contributed by atoms with E-state index >= 15 is 0 Å². The average Bonchev–Trinajstić information content (AvgIpc) is 2.55. The van der Waals surface area contributed by atoms with Crippen LogP contribution in [0.5, 0.6) is 5.75 Å². The summed E-state index contributed by atoms with van der Waals surface area (Å²) in [5.41, 5.74) is -1.98. The SMILES string of the molecule is CC1(C)Oc2ccc(C(=O)C(F)(F)F)cc2C(n2ccccc2=O)C1O. The first-order chi connectivity index (χ1) is 12.0. The van der Waals surface area contributed by atoms with E-state index in [0.29, 0.717) is 0 Å². The molecule has 138 valence electrons. The monoisotopic (exact) mass is 367 g/mol. The van der Waals surface area contributed by atoms with E-state index < -0.39 is 40.8 Å². The van der Waals surface area contributed by atoms with Gasteiger partial charge in [0.05, 0.1) is 6.04 Å². The normalized spacial score (nSPS) is 21.6. The minimum absolute atomic E-state index is 0.139. The molecule has 26 heavy (non-hydrogen) atoms. The Kier molecular flexibility index (Phi) is 4.18. The third kappa shape index (κ3) is 3.01. The summed E-state index contributed by atoms with van der Waals surface area (Å²) in [4.78, 5) is 23.8. The Morgan fingerprint density at radius 3 is 2.54 bits per heavy atom. The highest BCUT2D eigenvalue weighted by Gasteiger charge is 2.45. The Morgan fingerprint density at radius 2 is 1.92 bits per heavy atom. The Labute approximate surface area is 146 Å². The first-order valence-electron chi connectivity index (χ1n) is 7.82.